The molecule has 7 nitrogen and oxygen atoms in total. The highest BCUT2D eigenvalue weighted by Gasteiger charge is 2.14. The van der Waals surface area contributed by atoms with Gasteiger partial charge < -0.3 is 11.1 Å². The molecule has 0 atom stereocenters. The number of benzene rings is 2. The minimum absolute atomic E-state index is 0.440. The molecule has 5 aromatic rings. The number of para-hydroxylation sites is 3. The molecule has 0 amide bonds. The number of nitrogens with one attached hydrogen (secondary N) is 1. The van der Waals surface area contributed by atoms with Crippen molar-refractivity contribution in [2.24, 2.45) is 0 Å². The molecular formula is C18H13N7S. The minimum Gasteiger partial charge on any atom is -0.393 e. The minimum atomic E-state index is 0.440. The number of nitrogen functional groups attached to an aromatic ring is 1. The second-order valence-electron chi connectivity index (χ2n) is 5.67. The van der Waals surface area contributed by atoms with Crippen molar-refractivity contribution >= 4 is 49.2 Å². The third kappa shape index (κ3) is 2.35. The van der Waals surface area contributed by atoms with Gasteiger partial charge in [-0.05, 0) is 24.3 Å². The van der Waals surface area contributed by atoms with Crippen LogP contribution in [0.1, 0.15) is 0 Å². The van der Waals surface area contributed by atoms with Crippen molar-refractivity contribution in [3.63, 3.8) is 0 Å². The number of anilines is 3. The lowest BCUT2D eigenvalue weighted by Gasteiger charge is -2.10. The molecule has 0 fully saturated rings. The van der Waals surface area contributed by atoms with Crippen LogP contribution in [-0.2, 0) is 0 Å². The van der Waals surface area contributed by atoms with Gasteiger partial charge in [0.05, 0.1) is 21.3 Å². The first-order valence-corrected chi connectivity index (χ1v) is 8.77. The van der Waals surface area contributed by atoms with E-state index in [1.54, 1.807) is 17.7 Å². The zero-order valence-corrected chi connectivity index (χ0v) is 14.3. The first-order valence-electron chi connectivity index (χ1n) is 7.95. The summed E-state index contributed by atoms with van der Waals surface area (Å²) in [5, 5.41) is 3.94. The van der Waals surface area contributed by atoms with E-state index in [9.17, 15) is 0 Å². The summed E-state index contributed by atoms with van der Waals surface area (Å²) in [4.78, 5) is 17.6. The maximum Gasteiger partial charge on any atom is 0.189 e. The molecule has 3 aromatic heterocycles. The fourth-order valence-corrected chi connectivity index (χ4v) is 3.70. The van der Waals surface area contributed by atoms with Gasteiger partial charge in [0.1, 0.15) is 18.3 Å². The highest BCUT2D eigenvalue weighted by molar-refractivity contribution is 7.22. The van der Waals surface area contributed by atoms with Crippen molar-refractivity contribution in [2.75, 3.05) is 11.1 Å². The molecule has 26 heavy (non-hydrogen) atoms. The van der Waals surface area contributed by atoms with Crippen molar-refractivity contribution in [1.82, 2.24) is 24.5 Å². The molecule has 0 saturated carbocycles. The van der Waals surface area contributed by atoms with Gasteiger partial charge in [-0.25, -0.2) is 19.9 Å². The monoisotopic (exact) mass is 359 g/mol. The number of hydrogen-bond donors (Lipinski definition) is 2. The van der Waals surface area contributed by atoms with Crippen molar-refractivity contribution < 1.29 is 0 Å². The van der Waals surface area contributed by atoms with E-state index >= 15 is 0 Å². The normalized spacial score (nSPS) is 11.2. The summed E-state index contributed by atoms with van der Waals surface area (Å²) in [6.45, 7) is 0. The summed E-state index contributed by atoms with van der Waals surface area (Å²) in [6.07, 6.45) is 3.20. The van der Waals surface area contributed by atoms with Crippen LogP contribution < -0.4 is 11.1 Å². The van der Waals surface area contributed by atoms with Gasteiger partial charge in [-0.1, -0.05) is 35.6 Å². The highest BCUT2D eigenvalue weighted by atomic mass is 32.1. The molecule has 0 aliphatic heterocycles. The summed E-state index contributed by atoms with van der Waals surface area (Å²) >= 11 is 1.55. The molecule has 0 bridgehead atoms. The third-order valence-electron chi connectivity index (χ3n) is 4.06. The number of fused-ring (bicyclic) bond motifs is 2. The third-order valence-corrected chi connectivity index (χ3v) is 5.02. The van der Waals surface area contributed by atoms with Gasteiger partial charge in [0.2, 0.25) is 0 Å². The molecule has 3 N–H and O–H groups in total. The zero-order chi connectivity index (χ0) is 17.5. The van der Waals surface area contributed by atoms with Crippen LogP contribution in [0.25, 0.3) is 27.1 Å². The summed E-state index contributed by atoms with van der Waals surface area (Å²) in [6, 6.07) is 15.8. The van der Waals surface area contributed by atoms with E-state index in [2.05, 4.69) is 25.3 Å². The predicted octanol–water partition coefficient (Wildman–Crippen LogP) is 3.75. The number of rotatable bonds is 3. The molecule has 3 heterocycles. The van der Waals surface area contributed by atoms with Crippen LogP contribution >= 0.6 is 11.3 Å². The Kier molecular flexibility index (Phi) is 3.29. The highest BCUT2D eigenvalue weighted by Crippen LogP contribution is 2.31. The lowest BCUT2D eigenvalue weighted by molar-refractivity contribution is 1.00. The fraction of sp³-hybridized carbons (Fsp3) is 0. The number of nitrogens with two attached hydrogens (primary N) is 1. The SMILES string of the molecule is Nc1c(Nc2nc3ccccc3s2)ncnc1-n1cnc2ccccc21. The number of aromatic nitrogens is 5. The van der Waals surface area contributed by atoms with Crippen LogP contribution in [0.5, 0.6) is 0 Å². The van der Waals surface area contributed by atoms with E-state index in [4.69, 9.17) is 5.73 Å². The van der Waals surface area contributed by atoms with Crippen molar-refractivity contribution in [2.45, 2.75) is 0 Å². The standard InChI is InChI=1S/C18H13N7S/c19-15-16(24-18-23-12-6-2-4-8-14(12)26-18)20-9-21-17(15)25-10-22-11-5-1-3-7-13(11)25/h1-10H,19H2,(H,20,21,23,24). The van der Waals surface area contributed by atoms with Crippen LogP contribution in [0, 0.1) is 0 Å². The average molecular weight is 359 g/mol. The van der Waals surface area contributed by atoms with Crippen LogP contribution in [0.15, 0.2) is 61.2 Å². The Morgan fingerprint density at radius 2 is 1.73 bits per heavy atom. The van der Waals surface area contributed by atoms with Crippen LogP contribution in [-0.4, -0.2) is 24.5 Å². The van der Waals surface area contributed by atoms with E-state index in [1.165, 1.54) is 6.33 Å². The number of nitrogens with zero attached hydrogens (tertiary/aromatic N) is 5. The molecule has 0 aliphatic rings. The van der Waals surface area contributed by atoms with Crippen molar-refractivity contribution in [3.05, 3.63) is 61.2 Å². The Labute approximate surface area is 152 Å². The topological polar surface area (TPSA) is 94.5 Å². The summed E-state index contributed by atoms with van der Waals surface area (Å²) in [5.41, 5.74) is 9.54. The molecule has 0 spiro atoms. The lowest BCUT2D eigenvalue weighted by Crippen LogP contribution is -2.07. The van der Waals surface area contributed by atoms with Gasteiger partial charge in [-0.3, -0.25) is 4.57 Å². The predicted molar refractivity (Wildman–Crippen MR) is 104 cm³/mol. The van der Waals surface area contributed by atoms with E-state index in [-0.39, 0.29) is 0 Å². The fourth-order valence-electron chi connectivity index (χ4n) is 2.83. The second-order valence-corrected chi connectivity index (χ2v) is 6.71. The van der Waals surface area contributed by atoms with Crippen LogP contribution in [0.3, 0.4) is 0 Å². The summed E-state index contributed by atoms with van der Waals surface area (Å²) in [5.74, 6) is 1.10. The Morgan fingerprint density at radius 1 is 0.923 bits per heavy atom. The molecular weight excluding hydrogens is 346 g/mol. The summed E-state index contributed by atoms with van der Waals surface area (Å²) in [7, 11) is 0. The number of imidazole rings is 1. The Morgan fingerprint density at radius 3 is 2.62 bits per heavy atom. The Balaban J connectivity index is 1.58. The van der Waals surface area contributed by atoms with Gasteiger partial charge in [0.25, 0.3) is 0 Å². The maximum absolute atomic E-state index is 6.35. The largest absolute Gasteiger partial charge is 0.393 e. The summed E-state index contributed by atoms with van der Waals surface area (Å²) < 4.78 is 2.96. The molecule has 0 radical (unpaired) electrons. The molecule has 2 aromatic carbocycles. The van der Waals surface area contributed by atoms with E-state index < -0.39 is 0 Å². The molecule has 0 aliphatic carbocycles. The van der Waals surface area contributed by atoms with E-state index in [1.807, 2.05) is 53.1 Å². The molecule has 0 saturated heterocycles. The number of hydrogen-bond acceptors (Lipinski definition) is 7. The first-order chi connectivity index (χ1) is 12.8. The Hall–Kier alpha value is -3.52. The lowest BCUT2D eigenvalue weighted by atomic mass is 10.3. The molecule has 5 rings (SSSR count). The smallest absolute Gasteiger partial charge is 0.189 e. The van der Waals surface area contributed by atoms with Gasteiger partial charge in [0, 0.05) is 0 Å². The number of thiazole rings is 1. The first kappa shape index (κ1) is 14.8. The second kappa shape index (κ2) is 5.78. The molecule has 0 unspecified atom stereocenters. The van der Waals surface area contributed by atoms with Crippen LogP contribution in [0.2, 0.25) is 0 Å². The average Bonchev–Trinajstić information content (AvgIpc) is 3.27. The van der Waals surface area contributed by atoms with Gasteiger partial charge in [0.15, 0.2) is 16.8 Å². The Bertz CT molecular complexity index is 1210. The molecule has 126 valence electrons. The maximum atomic E-state index is 6.35. The van der Waals surface area contributed by atoms with Gasteiger partial charge in [-0.2, -0.15) is 0 Å². The van der Waals surface area contributed by atoms with Crippen LogP contribution in [0.4, 0.5) is 16.6 Å². The van der Waals surface area contributed by atoms with E-state index in [0.717, 1.165) is 26.4 Å². The quantitative estimate of drug-likeness (QED) is 0.509. The van der Waals surface area contributed by atoms with E-state index in [0.29, 0.717) is 17.3 Å². The van der Waals surface area contributed by atoms with Crippen molar-refractivity contribution in [1.29, 1.82) is 0 Å². The van der Waals surface area contributed by atoms with Gasteiger partial charge >= 0.3 is 0 Å². The zero-order valence-electron chi connectivity index (χ0n) is 13.5. The van der Waals surface area contributed by atoms with Crippen molar-refractivity contribution in [3.8, 4) is 5.82 Å². The molecule has 8 heteroatoms. The van der Waals surface area contributed by atoms with Gasteiger partial charge in [-0.15, -0.1) is 0 Å².